The average Bonchev–Trinajstić information content (AvgIpc) is 2.70. The summed E-state index contributed by atoms with van der Waals surface area (Å²) in [5.41, 5.74) is 3.13. The topological polar surface area (TPSA) is 27.7 Å². The van der Waals surface area contributed by atoms with Crippen molar-refractivity contribution in [1.29, 1.82) is 0 Å². The fraction of sp³-hybridized carbons (Fsp3) is 0.136. The summed E-state index contributed by atoms with van der Waals surface area (Å²) in [6.07, 6.45) is 0.828. The highest BCUT2D eigenvalue weighted by molar-refractivity contribution is 5.45. The highest BCUT2D eigenvalue weighted by Crippen LogP contribution is 2.29. The van der Waals surface area contributed by atoms with E-state index in [2.05, 4.69) is 12.1 Å². The molecule has 0 N–H and O–H groups in total. The van der Waals surface area contributed by atoms with E-state index < -0.39 is 0 Å². The maximum absolute atomic E-state index is 6.18. The van der Waals surface area contributed by atoms with Crippen LogP contribution in [0.1, 0.15) is 16.7 Å². The van der Waals surface area contributed by atoms with Crippen LogP contribution in [0.3, 0.4) is 0 Å². The molecule has 3 heteroatoms. The summed E-state index contributed by atoms with van der Waals surface area (Å²) in [5.74, 6) is 1.64. The molecule has 3 rings (SSSR count). The third-order valence-corrected chi connectivity index (χ3v) is 3.93. The zero-order valence-electron chi connectivity index (χ0n) is 14.4. The van der Waals surface area contributed by atoms with Crippen LogP contribution in [-0.2, 0) is 11.3 Å². The van der Waals surface area contributed by atoms with Crippen molar-refractivity contribution >= 4 is 0 Å². The Balaban J connectivity index is 1.86. The first-order valence-corrected chi connectivity index (χ1v) is 8.12. The predicted molar refractivity (Wildman–Crippen MR) is 98.7 cm³/mol. The van der Waals surface area contributed by atoms with Gasteiger partial charge in [-0.15, -0.1) is 0 Å². The van der Waals surface area contributed by atoms with E-state index in [4.69, 9.17) is 14.2 Å². The molecule has 0 heterocycles. The van der Waals surface area contributed by atoms with Gasteiger partial charge in [0.1, 0.15) is 11.5 Å². The smallest absolute Gasteiger partial charge is 0.156 e. The Labute approximate surface area is 148 Å². The SMILES string of the molecule is COc1ccc([C](OCc2ccccc2)c2ccc(OC)cc2)cc1. The number of ether oxygens (including phenoxy) is 3. The molecule has 0 aliphatic heterocycles. The molecular formula is C22H21O3. The molecule has 0 aliphatic carbocycles. The second-order valence-corrected chi connectivity index (χ2v) is 5.56. The van der Waals surface area contributed by atoms with Crippen molar-refractivity contribution in [3.8, 4) is 11.5 Å². The van der Waals surface area contributed by atoms with E-state index in [0.29, 0.717) is 6.61 Å². The lowest BCUT2D eigenvalue weighted by atomic mass is 10.0. The normalized spacial score (nSPS) is 10.7. The van der Waals surface area contributed by atoms with Crippen LogP contribution >= 0.6 is 0 Å². The molecule has 0 amide bonds. The summed E-state index contributed by atoms with van der Waals surface area (Å²) >= 11 is 0. The third-order valence-electron chi connectivity index (χ3n) is 3.93. The monoisotopic (exact) mass is 333 g/mol. The Kier molecular flexibility index (Phi) is 5.70. The van der Waals surface area contributed by atoms with Crippen LogP contribution in [0.25, 0.3) is 0 Å². The van der Waals surface area contributed by atoms with Crippen molar-refractivity contribution in [3.05, 3.63) is 102 Å². The minimum absolute atomic E-state index is 0.508. The minimum atomic E-state index is 0.508. The standard InChI is InChI=1S/C22H21O3/c1-23-20-12-8-18(9-13-20)22(19-10-14-21(24-2)15-11-19)25-16-17-6-4-3-5-7-17/h3-15H,16H2,1-2H3. The van der Waals surface area contributed by atoms with Crippen molar-refractivity contribution < 1.29 is 14.2 Å². The maximum Gasteiger partial charge on any atom is 0.156 e. The summed E-state index contributed by atoms with van der Waals surface area (Å²) < 4.78 is 16.7. The molecule has 0 spiro atoms. The first-order chi connectivity index (χ1) is 12.3. The van der Waals surface area contributed by atoms with Crippen LogP contribution < -0.4 is 9.47 Å². The first-order valence-electron chi connectivity index (χ1n) is 8.12. The van der Waals surface area contributed by atoms with Gasteiger partial charge in [-0.3, -0.25) is 0 Å². The molecule has 0 aliphatic rings. The maximum atomic E-state index is 6.18. The lowest BCUT2D eigenvalue weighted by Crippen LogP contribution is -2.07. The molecular weight excluding hydrogens is 312 g/mol. The fourth-order valence-electron chi connectivity index (χ4n) is 2.55. The quantitative estimate of drug-likeness (QED) is 0.619. The van der Waals surface area contributed by atoms with Gasteiger partial charge in [0, 0.05) is 0 Å². The van der Waals surface area contributed by atoms with Gasteiger partial charge in [0.25, 0.3) is 0 Å². The summed E-state index contributed by atoms with van der Waals surface area (Å²) in [7, 11) is 3.32. The Bertz CT molecular complexity index is 717. The molecule has 0 bridgehead atoms. The van der Waals surface area contributed by atoms with Crippen molar-refractivity contribution in [2.24, 2.45) is 0 Å². The van der Waals surface area contributed by atoms with Gasteiger partial charge in [0.2, 0.25) is 0 Å². The van der Waals surface area contributed by atoms with Crippen LogP contribution in [0.15, 0.2) is 78.9 Å². The van der Waals surface area contributed by atoms with Crippen LogP contribution in [0.5, 0.6) is 11.5 Å². The van der Waals surface area contributed by atoms with Crippen LogP contribution in [0.4, 0.5) is 0 Å². The van der Waals surface area contributed by atoms with Crippen molar-refractivity contribution in [3.63, 3.8) is 0 Å². The molecule has 0 fully saturated rings. The van der Waals surface area contributed by atoms with Crippen LogP contribution in [-0.4, -0.2) is 14.2 Å². The molecule has 3 nitrogen and oxygen atoms in total. The molecule has 3 aromatic rings. The predicted octanol–water partition coefficient (Wildman–Crippen LogP) is 4.85. The summed E-state index contributed by atoms with van der Waals surface area (Å²) in [5, 5.41) is 0. The van der Waals surface area contributed by atoms with E-state index in [0.717, 1.165) is 34.3 Å². The average molecular weight is 333 g/mol. The van der Waals surface area contributed by atoms with Gasteiger partial charge in [0.05, 0.1) is 20.8 Å². The van der Waals surface area contributed by atoms with E-state index in [1.807, 2.05) is 66.7 Å². The fourth-order valence-corrected chi connectivity index (χ4v) is 2.55. The van der Waals surface area contributed by atoms with Crippen LogP contribution in [0.2, 0.25) is 0 Å². The molecule has 0 unspecified atom stereocenters. The second kappa shape index (κ2) is 8.36. The summed E-state index contributed by atoms with van der Waals surface area (Å²) in [4.78, 5) is 0. The number of rotatable bonds is 7. The number of methoxy groups -OCH3 is 2. The van der Waals surface area contributed by atoms with Gasteiger partial charge >= 0.3 is 0 Å². The van der Waals surface area contributed by atoms with E-state index >= 15 is 0 Å². The molecule has 0 aromatic heterocycles. The first kappa shape index (κ1) is 17.1. The minimum Gasteiger partial charge on any atom is -0.497 e. The Morgan fingerprint density at radius 2 is 1.12 bits per heavy atom. The molecule has 1 radical (unpaired) electrons. The molecule has 0 saturated heterocycles. The molecule has 127 valence electrons. The van der Waals surface area contributed by atoms with Gasteiger partial charge in [-0.05, 0) is 41.0 Å². The van der Waals surface area contributed by atoms with Gasteiger partial charge < -0.3 is 14.2 Å². The van der Waals surface area contributed by atoms with E-state index in [9.17, 15) is 0 Å². The number of hydrogen-bond acceptors (Lipinski definition) is 3. The van der Waals surface area contributed by atoms with E-state index in [1.165, 1.54) is 0 Å². The summed E-state index contributed by atoms with van der Waals surface area (Å²) in [6.45, 7) is 0.508. The Hall–Kier alpha value is -2.78. The van der Waals surface area contributed by atoms with Crippen molar-refractivity contribution in [2.75, 3.05) is 14.2 Å². The highest BCUT2D eigenvalue weighted by Gasteiger charge is 2.17. The third kappa shape index (κ3) is 4.40. The van der Waals surface area contributed by atoms with Gasteiger partial charge in [-0.2, -0.15) is 0 Å². The van der Waals surface area contributed by atoms with Gasteiger partial charge in [0.15, 0.2) is 6.10 Å². The zero-order chi connectivity index (χ0) is 17.5. The Morgan fingerprint density at radius 3 is 1.56 bits per heavy atom. The van der Waals surface area contributed by atoms with Crippen molar-refractivity contribution in [1.82, 2.24) is 0 Å². The Morgan fingerprint density at radius 1 is 0.640 bits per heavy atom. The molecule has 0 atom stereocenters. The zero-order valence-corrected chi connectivity index (χ0v) is 14.4. The second-order valence-electron chi connectivity index (χ2n) is 5.56. The molecule has 0 saturated carbocycles. The number of benzene rings is 3. The number of hydrogen-bond donors (Lipinski definition) is 0. The highest BCUT2D eigenvalue weighted by atomic mass is 16.5. The van der Waals surface area contributed by atoms with E-state index in [-0.39, 0.29) is 0 Å². The van der Waals surface area contributed by atoms with Gasteiger partial charge in [-0.1, -0.05) is 54.6 Å². The lowest BCUT2D eigenvalue weighted by Gasteiger charge is -2.18. The molecule has 25 heavy (non-hydrogen) atoms. The van der Waals surface area contributed by atoms with Crippen LogP contribution in [0, 0.1) is 6.10 Å². The van der Waals surface area contributed by atoms with E-state index in [1.54, 1.807) is 14.2 Å². The lowest BCUT2D eigenvalue weighted by molar-refractivity contribution is 0.162. The molecule has 3 aromatic carbocycles. The summed E-state index contributed by atoms with van der Waals surface area (Å²) in [6, 6.07) is 25.9. The van der Waals surface area contributed by atoms with Crippen molar-refractivity contribution in [2.45, 2.75) is 6.61 Å². The largest absolute Gasteiger partial charge is 0.497 e. The van der Waals surface area contributed by atoms with Gasteiger partial charge in [-0.25, -0.2) is 0 Å².